The van der Waals surface area contributed by atoms with Crippen LogP contribution in [0, 0.1) is 0 Å². The maximum Gasteiger partial charge on any atom is 0.205 e. The first-order chi connectivity index (χ1) is 6.36. The third-order valence-corrected chi connectivity index (χ3v) is 2.37. The smallest absolute Gasteiger partial charge is 0.205 e. The second kappa shape index (κ2) is 3.57. The van der Waals surface area contributed by atoms with Crippen LogP contribution in [0.25, 0.3) is 0 Å². The van der Waals surface area contributed by atoms with Crippen LogP contribution >= 0.6 is 11.3 Å². The van der Waals surface area contributed by atoms with Gasteiger partial charge in [-0.3, -0.25) is 0 Å². The lowest BCUT2D eigenvalue weighted by atomic mass is 10.2. The molecular weight excluding hydrogens is 186 g/mol. The molecule has 0 fully saturated rings. The van der Waals surface area contributed by atoms with Crippen LogP contribution in [0.3, 0.4) is 0 Å². The number of furan rings is 1. The molecule has 0 radical (unpaired) electrons. The molecule has 0 aliphatic rings. The molecular formula is C8H9N3OS. The first-order valence-electron chi connectivity index (χ1n) is 3.91. The fourth-order valence-corrected chi connectivity index (χ4v) is 1.56. The molecule has 5 heteroatoms. The van der Waals surface area contributed by atoms with Crippen molar-refractivity contribution in [2.45, 2.75) is 13.0 Å². The van der Waals surface area contributed by atoms with Gasteiger partial charge in [-0.2, -0.15) is 0 Å². The number of rotatable bonds is 3. The van der Waals surface area contributed by atoms with E-state index in [-0.39, 0.29) is 6.04 Å². The number of anilines is 1. The van der Waals surface area contributed by atoms with Crippen LogP contribution in [0.15, 0.2) is 28.5 Å². The van der Waals surface area contributed by atoms with Crippen LogP contribution in [0.4, 0.5) is 5.13 Å². The fourth-order valence-electron chi connectivity index (χ4n) is 1.03. The number of nitrogens with one attached hydrogen (secondary N) is 1. The number of aromatic nitrogens is 2. The Hall–Kier alpha value is -1.36. The number of hydrogen-bond donors (Lipinski definition) is 1. The molecule has 0 amide bonds. The van der Waals surface area contributed by atoms with Crippen LogP contribution in [0.5, 0.6) is 0 Å². The van der Waals surface area contributed by atoms with Gasteiger partial charge in [0.25, 0.3) is 0 Å². The minimum Gasteiger partial charge on any atom is -0.472 e. The first-order valence-corrected chi connectivity index (χ1v) is 4.79. The van der Waals surface area contributed by atoms with Crippen molar-refractivity contribution >= 4 is 16.5 Å². The van der Waals surface area contributed by atoms with Crippen LogP contribution < -0.4 is 5.32 Å². The maximum absolute atomic E-state index is 4.98. The highest BCUT2D eigenvalue weighted by Gasteiger charge is 2.07. The zero-order valence-electron chi connectivity index (χ0n) is 7.10. The molecule has 0 aliphatic carbocycles. The van der Waals surface area contributed by atoms with E-state index in [9.17, 15) is 0 Å². The molecule has 1 unspecified atom stereocenters. The molecule has 2 aromatic heterocycles. The van der Waals surface area contributed by atoms with E-state index < -0.39 is 0 Å². The Morgan fingerprint density at radius 1 is 1.62 bits per heavy atom. The summed E-state index contributed by atoms with van der Waals surface area (Å²) in [5.41, 5.74) is 2.81. The summed E-state index contributed by atoms with van der Waals surface area (Å²) in [6.45, 7) is 2.05. The first kappa shape index (κ1) is 8.25. The quantitative estimate of drug-likeness (QED) is 0.816. The molecule has 1 atom stereocenters. The van der Waals surface area contributed by atoms with Crippen LogP contribution in [0.1, 0.15) is 18.5 Å². The SMILES string of the molecule is CC(Nc1nncs1)c1ccoc1. The Morgan fingerprint density at radius 3 is 3.15 bits per heavy atom. The Morgan fingerprint density at radius 2 is 2.54 bits per heavy atom. The molecule has 0 spiro atoms. The second-order valence-corrected chi connectivity index (χ2v) is 3.50. The topological polar surface area (TPSA) is 51.0 Å². The van der Waals surface area contributed by atoms with E-state index in [4.69, 9.17) is 4.42 Å². The highest BCUT2D eigenvalue weighted by molar-refractivity contribution is 7.13. The van der Waals surface area contributed by atoms with Crippen molar-refractivity contribution in [3.05, 3.63) is 29.7 Å². The summed E-state index contributed by atoms with van der Waals surface area (Å²) in [4.78, 5) is 0. The Balaban J connectivity index is 2.04. The predicted octanol–water partition coefficient (Wildman–Crippen LogP) is 2.30. The Labute approximate surface area is 79.6 Å². The van der Waals surface area contributed by atoms with Gasteiger partial charge in [0, 0.05) is 5.56 Å². The van der Waals surface area contributed by atoms with Crippen LogP contribution in [-0.2, 0) is 0 Å². The standard InChI is InChI=1S/C8H9N3OS/c1-6(7-2-3-12-4-7)10-8-11-9-5-13-8/h2-6H,1H3,(H,10,11). The average molecular weight is 195 g/mol. The van der Waals surface area contributed by atoms with Crippen molar-refractivity contribution in [2.75, 3.05) is 5.32 Å². The van der Waals surface area contributed by atoms with E-state index in [0.29, 0.717) is 0 Å². The minimum atomic E-state index is 0.201. The summed E-state index contributed by atoms with van der Waals surface area (Å²) in [5, 5.41) is 11.7. The third kappa shape index (κ3) is 1.86. The summed E-state index contributed by atoms with van der Waals surface area (Å²) in [5.74, 6) is 0. The van der Waals surface area contributed by atoms with Crippen molar-refractivity contribution in [3.63, 3.8) is 0 Å². The van der Waals surface area contributed by atoms with E-state index in [1.807, 2.05) is 13.0 Å². The molecule has 0 aliphatic heterocycles. The van der Waals surface area contributed by atoms with Crippen molar-refractivity contribution in [1.82, 2.24) is 10.2 Å². The second-order valence-electron chi connectivity index (χ2n) is 2.67. The zero-order valence-corrected chi connectivity index (χ0v) is 7.91. The van der Waals surface area contributed by atoms with Gasteiger partial charge in [0.15, 0.2) is 0 Å². The maximum atomic E-state index is 4.98. The van der Waals surface area contributed by atoms with Crippen molar-refractivity contribution in [2.24, 2.45) is 0 Å². The molecule has 0 bridgehead atoms. The number of nitrogens with zero attached hydrogens (tertiary/aromatic N) is 2. The molecule has 4 nitrogen and oxygen atoms in total. The van der Waals surface area contributed by atoms with E-state index >= 15 is 0 Å². The molecule has 0 saturated carbocycles. The van der Waals surface area contributed by atoms with Gasteiger partial charge in [-0.25, -0.2) is 0 Å². The molecule has 68 valence electrons. The molecule has 2 heterocycles. The molecule has 13 heavy (non-hydrogen) atoms. The predicted molar refractivity (Wildman–Crippen MR) is 50.7 cm³/mol. The lowest BCUT2D eigenvalue weighted by Gasteiger charge is -2.08. The van der Waals surface area contributed by atoms with Gasteiger partial charge in [-0.15, -0.1) is 10.2 Å². The largest absolute Gasteiger partial charge is 0.472 e. The summed E-state index contributed by atoms with van der Waals surface area (Å²) in [7, 11) is 0. The average Bonchev–Trinajstić information content (AvgIpc) is 2.74. The highest BCUT2D eigenvalue weighted by Crippen LogP contribution is 2.19. The van der Waals surface area contributed by atoms with Gasteiger partial charge >= 0.3 is 0 Å². The molecule has 0 aromatic carbocycles. The van der Waals surface area contributed by atoms with Gasteiger partial charge in [-0.05, 0) is 13.0 Å². The van der Waals surface area contributed by atoms with E-state index in [2.05, 4.69) is 15.5 Å². The zero-order chi connectivity index (χ0) is 9.10. The third-order valence-electron chi connectivity index (χ3n) is 1.74. The van der Waals surface area contributed by atoms with Crippen LogP contribution in [0.2, 0.25) is 0 Å². The van der Waals surface area contributed by atoms with Crippen molar-refractivity contribution < 1.29 is 4.42 Å². The highest BCUT2D eigenvalue weighted by atomic mass is 32.1. The van der Waals surface area contributed by atoms with Gasteiger partial charge in [0.2, 0.25) is 5.13 Å². The van der Waals surface area contributed by atoms with E-state index in [1.54, 1.807) is 18.0 Å². The Bertz CT molecular complexity index is 343. The van der Waals surface area contributed by atoms with E-state index in [1.165, 1.54) is 11.3 Å². The lowest BCUT2D eigenvalue weighted by molar-refractivity contribution is 0.562. The molecule has 1 N–H and O–H groups in total. The number of hydrogen-bond acceptors (Lipinski definition) is 5. The van der Waals surface area contributed by atoms with Gasteiger partial charge in [0.05, 0.1) is 18.6 Å². The normalized spacial score (nSPS) is 12.7. The molecule has 2 aromatic rings. The summed E-state index contributed by atoms with van der Waals surface area (Å²) >= 11 is 1.48. The van der Waals surface area contributed by atoms with Gasteiger partial charge < -0.3 is 9.73 Å². The fraction of sp³-hybridized carbons (Fsp3) is 0.250. The van der Waals surface area contributed by atoms with Crippen LogP contribution in [-0.4, -0.2) is 10.2 Å². The van der Waals surface area contributed by atoms with Crippen molar-refractivity contribution in [1.29, 1.82) is 0 Å². The Kier molecular flexibility index (Phi) is 2.27. The summed E-state index contributed by atoms with van der Waals surface area (Å²) in [6, 6.07) is 2.13. The minimum absolute atomic E-state index is 0.201. The van der Waals surface area contributed by atoms with Gasteiger partial charge in [0.1, 0.15) is 5.51 Å². The lowest BCUT2D eigenvalue weighted by Crippen LogP contribution is -2.04. The summed E-state index contributed by atoms with van der Waals surface area (Å²) < 4.78 is 4.98. The summed E-state index contributed by atoms with van der Waals surface area (Å²) in [6.07, 6.45) is 3.38. The van der Waals surface area contributed by atoms with Crippen molar-refractivity contribution in [3.8, 4) is 0 Å². The molecule has 2 rings (SSSR count). The molecule has 0 saturated heterocycles. The van der Waals surface area contributed by atoms with E-state index in [0.717, 1.165) is 10.7 Å². The monoisotopic (exact) mass is 195 g/mol. The van der Waals surface area contributed by atoms with Gasteiger partial charge in [-0.1, -0.05) is 11.3 Å².